The highest BCUT2D eigenvalue weighted by Gasteiger charge is 2.38. The van der Waals surface area contributed by atoms with E-state index in [9.17, 15) is 0 Å². The van der Waals surface area contributed by atoms with Crippen molar-refractivity contribution in [1.82, 2.24) is 19.7 Å². The van der Waals surface area contributed by atoms with Crippen molar-refractivity contribution in [3.05, 3.63) is 35.0 Å². The Hall–Kier alpha value is -2.89. The largest absolute Gasteiger partial charge is 0.352 e. The van der Waals surface area contributed by atoms with Gasteiger partial charge in [0.05, 0.1) is 22.2 Å². The van der Waals surface area contributed by atoms with Crippen molar-refractivity contribution in [3.8, 4) is 6.07 Å². The van der Waals surface area contributed by atoms with Crippen LogP contribution in [0.15, 0.2) is 24.4 Å². The maximum Gasteiger partial charge on any atom is 0.226 e. The molecule has 3 aromatic rings. The molecule has 0 aliphatic heterocycles. The normalized spacial score (nSPS) is 14.8. The standard InChI is InChI=1S/C17H17ClN8/c1-26-15-12(8-22-26)14(23-11-2-3-13(18)10(6-11)7-19)24-16(25-15)21-9-17(20)4-5-17/h2-3,6,8H,4-5,9,20H2,1H3,(H2,21,23,24,25). The van der Waals surface area contributed by atoms with Crippen molar-refractivity contribution in [2.24, 2.45) is 12.8 Å². The first-order chi connectivity index (χ1) is 12.5. The molecule has 1 aliphatic rings. The number of fused-ring (bicyclic) bond motifs is 1. The summed E-state index contributed by atoms with van der Waals surface area (Å²) >= 11 is 6.00. The molecular weight excluding hydrogens is 352 g/mol. The van der Waals surface area contributed by atoms with E-state index in [1.807, 2.05) is 7.05 Å². The second kappa shape index (κ2) is 6.12. The molecule has 4 rings (SSSR count). The number of nitrogens with two attached hydrogens (primary N) is 1. The summed E-state index contributed by atoms with van der Waals surface area (Å²) in [6.45, 7) is 0.620. The predicted octanol–water partition coefficient (Wildman–Crippen LogP) is 2.54. The lowest BCUT2D eigenvalue weighted by molar-refractivity contribution is 0.708. The van der Waals surface area contributed by atoms with Crippen molar-refractivity contribution < 1.29 is 0 Å². The molecule has 1 saturated carbocycles. The number of hydrogen-bond donors (Lipinski definition) is 3. The third-order valence-electron chi connectivity index (χ3n) is 4.43. The topological polar surface area (TPSA) is 117 Å². The van der Waals surface area contributed by atoms with E-state index in [1.165, 1.54) is 0 Å². The van der Waals surface area contributed by atoms with Crippen molar-refractivity contribution >= 4 is 40.1 Å². The van der Waals surface area contributed by atoms with Crippen LogP contribution in [0.4, 0.5) is 17.5 Å². The van der Waals surface area contributed by atoms with E-state index in [-0.39, 0.29) is 5.54 Å². The number of nitrogens with zero attached hydrogens (tertiary/aromatic N) is 5. The van der Waals surface area contributed by atoms with Gasteiger partial charge in [-0.25, -0.2) is 0 Å². The summed E-state index contributed by atoms with van der Waals surface area (Å²) in [5.41, 5.74) is 7.77. The average Bonchev–Trinajstić information content (AvgIpc) is 3.26. The fourth-order valence-corrected chi connectivity index (χ4v) is 2.77. The number of nitrogens with one attached hydrogen (secondary N) is 2. The van der Waals surface area contributed by atoms with Crippen LogP contribution in [-0.4, -0.2) is 31.8 Å². The van der Waals surface area contributed by atoms with Gasteiger partial charge in [0.1, 0.15) is 11.9 Å². The number of rotatable bonds is 5. The fraction of sp³-hybridized carbons (Fsp3) is 0.294. The number of benzene rings is 1. The Balaban J connectivity index is 1.69. The van der Waals surface area contributed by atoms with Gasteiger partial charge in [0.15, 0.2) is 5.65 Å². The van der Waals surface area contributed by atoms with E-state index in [0.717, 1.165) is 18.2 Å². The summed E-state index contributed by atoms with van der Waals surface area (Å²) in [6.07, 6.45) is 3.70. The molecule has 1 fully saturated rings. The van der Waals surface area contributed by atoms with Crippen LogP contribution in [0.2, 0.25) is 5.02 Å². The highest BCUT2D eigenvalue weighted by atomic mass is 35.5. The minimum Gasteiger partial charge on any atom is -0.352 e. The first-order valence-corrected chi connectivity index (χ1v) is 8.54. The van der Waals surface area contributed by atoms with Crippen molar-refractivity contribution in [3.63, 3.8) is 0 Å². The molecule has 0 saturated heterocycles. The lowest BCUT2D eigenvalue weighted by atomic mass is 10.2. The zero-order chi connectivity index (χ0) is 18.3. The Bertz CT molecular complexity index is 1030. The zero-order valence-electron chi connectivity index (χ0n) is 14.1. The summed E-state index contributed by atoms with van der Waals surface area (Å²) in [7, 11) is 1.82. The Labute approximate surface area is 155 Å². The lowest BCUT2D eigenvalue weighted by Crippen LogP contribution is -2.31. The molecule has 0 unspecified atom stereocenters. The van der Waals surface area contributed by atoms with E-state index in [4.69, 9.17) is 22.6 Å². The summed E-state index contributed by atoms with van der Waals surface area (Å²) in [5.74, 6) is 1.08. The second-order valence-corrected chi connectivity index (χ2v) is 6.96. The smallest absolute Gasteiger partial charge is 0.226 e. The zero-order valence-corrected chi connectivity index (χ0v) is 14.9. The summed E-state index contributed by atoms with van der Waals surface area (Å²) in [5, 5.41) is 21.0. The van der Waals surface area contributed by atoms with Crippen molar-refractivity contribution in [2.45, 2.75) is 18.4 Å². The van der Waals surface area contributed by atoms with Gasteiger partial charge in [-0.05, 0) is 31.0 Å². The van der Waals surface area contributed by atoms with Crippen LogP contribution in [0, 0.1) is 11.3 Å². The Morgan fingerprint density at radius 3 is 2.92 bits per heavy atom. The van der Waals surface area contributed by atoms with E-state index in [2.05, 4.69) is 31.8 Å². The number of nitriles is 1. The molecule has 0 bridgehead atoms. The molecule has 132 valence electrons. The van der Waals surface area contributed by atoms with Gasteiger partial charge in [0.25, 0.3) is 0 Å². The van der Waals surface area contributed by atoms with Crippen LogP contribution in [0.5, 0.6) is 0 Å². The maximum absolute atomic E-state index is 9.16. The SMILES string of the molecule is Cn1ncc2c(Nc3ccc(Cl)c(C#N)c3)nc(NCC3(N)CC3)nc21. The predicted molar refractivity (Wildman–Crippen MR) is 100 cm³/mol. The van der Waals surface area contributed by atoms with Gasteiger partial charge in [-0.15, -0.1) is 0 Å². The number of anilines is 3. The van der Waals surface area contributed by atoms with Crippen LogP contribution < -0.4 is 16.4 Å². The molecule has 0 radical (unpaired) electrons. The van der Waals surface area contributed by atoms with E-state index >= 15 is 0 Å². The molecule has 0 amide bonds. The average molecular weight is 369 g/mol. The first-order valence-electron chi connectivity index (χ1n) is 8.17. The molecule has 4 N–H and O–H groups in total. The minimum absolute atomic E-state index is 0.157. The quantitative estimate of drug-likeness (QED) is 0.633. The van der Waals surface area contributed by atoms with E-state index in [1.54, 1.807) is 29.1 Å². The Kier molecular flexibility index (Phi) is 3.90. The summed E-state index contributed by atoms with van der Waals surface area (Å²) in [6, 6.07) is 7.22. The monoisotopic (exact) mass is 368 g/mol. The molecular formula is C17H17ClN8. The van der Waals surface area contributed by atoms with Gasteiger partial charge in [-0.1, -0.05) is 11.6 Å². The maximum atomic E-state index is 9.16. The van der Waals surface area contributed by atoms with Crippen LogP contribution >= 0.6 is 11.6 Å². The molecule has 2 heterocycles. The molecule has 8 nitrogen and oxygen atoms in total. The molecule has 1 aliphatic carbocycles. The van der Waals surface area contributed by atoms with Crippen molar-refractivity contribution in [1.29, 1.82) is 5.26 Å². The second-order valence-electron chi connectivity index (χ2n) is 6.55. The highest BCUT2D eigenvalue weighted by Crippen LogP contribution is 2.32. The van der Waals surface area contributed by atoms with Gasteiger partial charge in [0, 0.05) is 24.8 Å². The third-order valence-corrected chi connectivity index (χ3v) is 4.76. The molecule has 1 aromatic carbocycles. The van der Waals surface area contributed by atoms with Gasteiger partial charge in [0.2, 0.25) is 5.95 Å². The fourth-order valence-electron chi connectivity index (χ4n) is 2.61. The van der Waals surface area contributed by atoms with E-state index in [0.29, 0.717) is 40.2 Å². The van der Waals surface area contributed by atoms with Gasteiger partial charge in [-0.2, -0.15) is 20.3 Å². The van der Waals surface area contributed by atoms with Crippen LogP contribution in [0.25, 0.3) is 11.0 Å². The van der Waals surface area contributed by atoms with Gasteiger partial charge in [-0.3, -0.25) is 4.68 Å². The molecule has 2 aromatic heterocycles. The van der Waals surface area contributed by atoms with Crippen LogP contribution in [0.1, 0.15) is 18.4 Å². The Morgan fingerprint density at radius 1 is 1.38 bits per heavy atom. The Morgan fingerprint density at radius 2 is 2.19 bits per heavy atom. The molecule has 26 heavy (non-hydrogen) atoms. The van der Waals surface area contributed by atoms with Gasteiger partial charge < -0.3 is 16.4 Å². The van der Waals surface area contributed by atoms with Crippen LogP contribution in [0.3, 0.4) is 0 Å². The van der Waals surface area contributed by atoms with Gasteiger partial charge >= 0.3 is 0 Å². The summed E-state index contributed by atoms with van der Waals surface area (Å²) in [4.78, 5) is 9.09. The van der Waals surface area contributed by atoms with E-state index < -0.39 is 0 Å². The summed E-state index contributed by atoms with van der Waals surface area (Å²) < 4.78 is 1.69. The number of halogens is 1. The molecule has 0 atom stereocenters. The lowest BCUT2D eigenvalue weighted by Gasteiger charge is -2.13. The first kappa shape index (κ1) is 16.6. The third kappa shape index (κ3) is 3.14. The van der Waals surface area contributed by atoms with Crippen molar-refractivity contribution in [2.75, 3.05) is 17.2 Å². The minimum atomic E-state index is -0.157. The molecule has 9 heteroatoms. The van der Waals surface area contributed by atoms with Crippen LogP contribution in [-0.2, 0) is 7.05 Å². The number of aromatic nitrogens is 4. The highest BCUT2D eigenvalue weighted by molar-refractivity contribution is 6.31. The number of hydrogen-bond acceptors (Lipinski definition) is 7. The molecule has 0 spiro atoms. The number of aryl methyl sites for hydroxylation is 1.